The summed E-state index contributed by atoms with van der Waals surface area (Å²) >= 11 is 5.84. The normalized spacial score (nSPS) is 10.6. The van der Waals surface area contributed by atoms with E-state index in [0.29, 0.717) is 5.02 Å². The van der Waals surface area contributed by atoms with E-state index in [2.05, 4.69) is 5.32 Å². The molecule has 0 aliphatic rings. The van der Waals surface area contributed by atoms with E-state index in [4.69, 9.17) is 22.0 Å². The Kier molecular flexibility index (Phi) is 5.17. The average Bonchev–Trinajstić information content (AvgIpc) is 2.34. The van der Waals surface area contributed by atoms with Crippen LogP contribution in [0.25, 0.3) is 0 Å². The van der Waals surface area contributed by atoms with Crippen LogP contribution in [0.3, 0.4) is 0 Å². The van der Waals surface area contributed by atoms with Crippen LogP contribution in [0, 0.1) is 11.3 Å². The number of urea groups is 1. The summed E-state index contributed by atoms with van der Waals surface area (Å²) in [6.45, 7) is 4.72. The molecule has 1 aromatic rings. The first-order valence-electron chi connectivity index (χ1n) is 6.15. The molecule has 0 heterocycles. The van der Waals surface area contributed by atoms with Gasteiger partial charge in [-0.25, -0.2) is 4.79 Å². The summed E-state index contributed by atoms with van der Waals surface area (Å²) in [5.74, 6) is -1.12. The molecule has 0 saturated heterocycles. The summed E-state index contributed by atoms with van der Waals surface area (Å²) in [4.78, 5) is 24.3. The second-order valence-electron chi connectivity index (χ2n) is 5.38. The fraction of sp³-hybridized carbons (Fsp3) is 0.357. The van der Waals surface area contributed by atoms with Gasteiger partial charge in [-0.1, -0.05) is 11.6 Å². The van der Waals surface area contributed by atoms with Crippen molar-refractivity contribution in [2.24, 2.45) is 0 Å². The Bertz CT molecular complexity index is 602. The number of nitriles is 1. The van der Waals surface area contributed by atoms with Crippen LogP contribution in [-0.4, -0.2) is 34.1 Å². The van der Waals surface area contributed by atoms with Crippen LogP contribution in [0.4, 0.5) is 10.5 Å². The third-order valence-corrected chi connectivity index (χ3v) is 2.93. The number of benzene rings is 1. The maximum atomic E-state index is 12.3. The van der Waals surface area contributed by atoms with Crippen LogP contribution >= 0.6 is 11.6 Å². The zero-order chi connectivity index (χ0) is 16.2. The molecule has 2 amide bonds. The smallest absolute Gasteiger partial charge is 0.323 e. The van der Waals surface area contributed by atoms with Crippen LogP contribution in [-0.2, 0) is 4.79 Å². The number of nitrogens with zero attached hydrogens (tertiary/aromatic N) is 2. The number of carbonyl (C=O) groups is 2. The van der Waals surface area contributed by atoms with Gasteiger partial charge in [-0.3, -0.25) is 4.79 Å². The molecule has 2 N–H and O–H groups in total. The van der Waals surface area contributed by atoms with Crippen LogP contribution in [0.1, 0.15) is 26.3 Å². The van der Waals surface area contributed by atoms with Crippen molar-refractivity contribution in [3.8, 4) is 6.07 Å². The van der Waals surface area contributed by atoms with Gasteiger partial charge in [0, 0.05) is 10.6 Å². The number of carbonyl (C=O) groups excluding carboxylic acids is 1. The third kappa shape index (κ3) is 4.65. The number of carboxylic acids is 1. The first-order valence-corrected chi connectivity index (χ1v) is 6.53. The van der Waals surface area contributed by atoms with Crippen molar-refractivity contribution in [3.05, 3.63) is 28.8 Å². The van der Waals surface area contributed by atoms with Gasteiger partial charge in [0.25, 0.3) is 0 Å². The number of hydrogen-bond acceptors (Lipinski definition) is 3. The minimum Gasteiger partial charge on any atom is -0.480 e. The number of hydrogen-bond donors (Lipinski definition) is 2. The first-order chi connectivity index (χ1) is 9.65. The van der Waals surface area contributed by atoms with Crippen molar-refractivity contribution in [1.82, 2.24) is 4.90 Å². The Morgan fingerprint density at radius 1 is 1.43 bits per heavy atom. The maximum absolute atomic E-state index is 12.3. The highest BCUT2D eigenvalue weighted by Crippen LogP contribution is 2.22. The number of anilines is 1. The fourth-order valence-electron chi connectivity index (χ4n) is 1.65. The van der Waals surface area contributed by atoms with E-state index < -0.39 is 24.1 Å². The highest BCUT2D eigenvalue weighted by Gasteiger charge is 2.28. The Morgan fingerprint density at radius 3 is 2.52 bits per heavy atom. The molecule has 21 heavy (non-hydrogen) atoms. The molecule has 0 aliphatic carbocycles. The number of rotatable bonds is 3. The second-order valence-corrected chi connectivity index (χ2v) is 5.82. The maximum Gasteiger partial charge on any atom is 0.323 e. The molecule has 1 rings (SSSR count). The van der Waals surface area contributed by atoms with Crippen LogP contribution in [0.5, 0.6) is 0 Å². The zero-order valence-corrected chi connectivity index (χ0v) is 12.7. The molecule has 112 valence electrons. The molecular weight excluding hydrogens is 294 g/mol. The molecule has 0 unspecified atom stereocenters. The molecule has 0 radical (unpaired) electrons. The Morgan fingerprint density at radius 2 is 2.05 bits per heavy atom. The second kappa shape index (κ2) is 6.46. The largest absolute Gasteiger partial charge is 0.480 e. The minimum atomic E-state index is -1.12. The van der Waals surface area contributed by atoms with Gasteiger partial charge in [-0.2, -0.15) is 5.26 Å². The Labute approximate surface area is 127 Å². The van der Waals surface area contributed by atoms with Gasteiger partial charge >= 0.3 is 12.0 Å². The lowest BCUT2D eigenvalue weighted by Gasteiger charge is -2.34. The van der Waals surface area contributed by atoms with E-state index in [1.54, 1.807) is 20.8 Å². The summed E-state index contributed by atoms with van der Waals surface area (Å²) in [7, 11) is 0. The van der Waals surface area contributed by atoms with E-state index >= 15 is 0 Å². The number of aliphatic carboxylic acids is 1. The van der Waals surface area contributed by atoms with Gasteiger partial charge in [0.2, 0.25) is 0 Å². The summed E-state index contributed by atoms with van der Waals surface area (Å²) in [5, 5.41) is 20.8. The number of nitrogens with one attached hydrogen (secondary N) is 1. The molecule has 1 aromatic carbocycles. The topological polar surface area (TPSA) is 93.4 Å². The van der Waals surface area contributed by atoms with Crippen molar-refractivity contribution in [2.45, 2.75) is 26.3 Å². The predicted molar refractivity (Wildman–Crippen MR) is 79.3 cm³/mol. The summed E-state index contributed by atoms with van der Waals surface area (Å²) in [6, 6.07) is 5.79. The highest BCUT2D eigenvalue weighted by atomic mass is 35.5. The fourth-order valence-corrected chi connectivity index (χ4v) is 1.82. The molecule has 0 bridgehead atoms. The van der Waals surface area contributed by atoms with Gasteiger partial charge in [0.15, 0.2) is 0 Å². The molecule has 0 atom stereocenters. The van der Waals surface area contributed by atoms with Gasteiger partial charge in [-0.05, 0) is 39.0 Å². The lowest BCUT2D eigenvalue weighted by molar-refractivity contribution is -0.138. The molecule has 0 aliphatic heterocycles. The van der Waals surface area contributed by atoms with E-state index in [1.807, 2.05) is 6.07 Å². The molecule has 0 fully saturated rings. The molecule has 0 spiro atoms. The molecule has 0 aromatic heterocycles. The first kappa shape index (κ1) is 16.8. The van der Waals surface area contributed by atoms with Crippen LogP contribution in [0.15, 0.2) is 18.2 Å². The van der Waals surface area contributed by atoms with Crippen LogP contribution in [0.2, 0.25) is 5.02 Å². The Balaban J connectivity index is 3.05. The van der Waals surface area contributed by atoms with Crippen molar-refractivity contribution >= 4 is 29.3 Å². The molecule has 7 heteroatoms. The summed E-state index contributed by atoms with van der Waals surface area (Å²) < 4.78 is 0. The van der Waals surface area contributed by atoms with Crippen molar-refractivity contribution in [3.63, 3.8) is 0 Å². The zero-order valence-electron chi connectivity index (χ0n) is 12.0. The third-order valence-electron chi connectivity index (χ3n) is 2.69. The standard InChI is InChI=1S/C14H16ClN3O3/c1-14(2,3)18(8-12(19)20)13(21)17-11-6-10(15)5-4-9(11)7-16/h4-6H,8H2,1-3H3,(H,17,21)(H,19,20). The number of amides is 2. The molecule has 6 nitrogen and oxygen atoms in total. The van der Waals surface area contributed by atoms with Crippen molar-refractivity contribution < 1.29 is 14.7 Å². The van der Waals surface area contributed by atoms with Gasteiger partial charge < -0.3 is 15.3 Å². The lowest BCUT2D eigenvalue weighted by atomic mass is 10.1. The Hall–Kier alpha value is -2.26. The van der Waals surface area contributed by atoms with E-state index in [0.717, 1.165) is 4.90 Å². The SMILES string of the molecule is CC(C)(C)N(CC(=O)O)C(=O)Nc1cc(Cl)ccc1C#N. The molecule has 0 saturated carbocycles. The van der Waals surface area contributed by atoms with Gasteiger partial charge in [0.05, 0.1) is 11.3 Å². The van der Waals surface area contributed by atoms with Gasteiger partial charge in [-0.15, -0.1) is 0 Å². The van der Waals surface area contributed by atoms with E-state index in [9.17, 15) is 9.59 Å². The van der Waals surface area contributed by atoms with E-state index in [-0.39, 0.29) is 11.3 Å². The molecular formula is C14H16ClN3O3. The lowest BCUT2D eigenvalue weighted by Crippen LogP contribution is -2.50. The van der Waals surface area contributed by atoms with Crippen molar-refractivity contribution in [2.75, 3.05) is 11.9 Å². The van der Waals surface area contributed by atoms with Gasteiger partial charge in [0.1, 0.15) is 12.6 Å². The predicted octanol–water partition coefficient (Wildman–Crippen LogP) is 2.93. The number of halogens is 1. The van der Waals surface area contributed by atoms with Crippen LogP contribution < -0.4 is 5.32 Å². The monoisotopic (exact) mass is 309 g/mol. The summed E-state index contributed by atoms with van der Waals surface area (Å²) in [6.07, 6.45) is 0. The quantitative estimate of drug-likeness (QED) is 0.897. The van der Waals surface area contributed by atoms with E-state index in [1.165, 1.54) is 18.2 Å². The highest BCUT2D eigenvalue weighted by molar-refractivity contribution is 6.31. The van der Waals surface area contributed by atoms with Crippen molar-refractivity contribution in [1.29, 1.82) is 5.26 Å². The average molecular weight is 310 g/mol. The summed E-state index contributed by atoms with van der Waals surface area (Å²) in [5.41, 5.74) is -0.194. The minimum absolute atomic E-state index is 0.245. The number of carboxylic acid groups (broad SMARTS) is 1.